The van der Waals surface area contributed by atoms with Crippen LogP contribution in [-0.4, -0.2) is 53.5 Å². The van der Waals surface area contributed by atoms with Crippen molar-refractivity contribution >= 4 is 29.4 Å². The SMILES string of the molecule is COc1ccc(Cl)cc1C(NC(=O)C1CCN(C(=O)OC(C)(C)C)CC1)C(=O)c1ccncc1. The van der Waals surface area contributed by atoms with Crippen molar-refractivity contribution < 1.29 is 23.9 Å². The van der Waals surface area contributed by atoms with E-state index in [1.807, 2.05) is 20.8 Å². The molecule has 9 heteroatoms. The molecule has 1 fully saturated rings. The van der Waals surface area contributed by atoms with Crippen LogP contribution in [0.3, 0.4) is 0 Å². The monoisotopic (exact) mass is 487 g/mol. The molecule has 1 saturated heterocycles. The Morgan fingerprint density at radius 2 is 1.76 bits per heavy atom. The molecule has 2 aromatic rings. The van der Waals surface area contributed by atoms with Crippen LogP contribution < -0.4 is 10.1 Å². The van der Waals surface area contributed by atoms with Crippen LogP contribution in [0.4, 0.5) is 4.79 Å². The second-order valence-corrected chi connectivity index (χ2v) is 9.61. The zero-order valence-corrected chi connectivity index (χ0v) is 20.6. The van der Waals surface area contributed by atoms with Gasteiger partial charge in [0.25, 0.3) is 0 Å². The molecule has 182 valence electrons. The number of nitrogens with zero attached hydrogens (tertiary/aromatic N) is 2. The number of ketones is 1. The van der Waals surface area contributed by atoms with Crippen molar-refractivity contribution in [2.24, 2.45) is 5.92 Å². The third-order valence-corrected chi connectivity index (χ3v) is 5.77. The molecule has 2 amide bonds. The molecule has 0 aliphatic carbocycles. The fourth-order valence-electron chi connectivity index (χ4n) is 3.81. The van der Waals surface area contributed by atoms with E-state index in [0.717, 1.165) is 0 Å². The van der Waals surface area contributed by atoms with E-state index in [-0.39, 0.29) is 23.7 Å². The van der Waals surface area contributed by atoms with E-state index in [4.69, 9.17) is 21.1 Å². The molecule has 1 aromatic heterocycles. The van der Waals surface area contributed by atoms with Crippen LogP contribution >= 0.6 is 11.6 Å². The van der Waals surface area contributed by atoms with Gasteiger partial charge in [-0.15, -0.1) is 0 Å². The lowest BCUT2D eigenvalue weighted by Gasteiger charge is -2.33. The van der Waals surface area contributed by atoms with Gasteiger partial charge in [-0.3, -0.25) is 14.6 Å². The number of halogens is 1. The van der Waals surface area contributed by atoms with Crippen LogP contribution in [-0.2, 0) is 9.53 Å². The van der Waals surface area contributed by atoms with Gasteiger partial charge in [0.2, 0.25) is 5.91 Å². The van der Waals surface area contributed by atoms with E-state index in [1.54, 1.807) is 35.2 Å². The highest BCUT2D eigenvalue weighted by molar-refractivity contribution is 6.30. The third-order valence-electron chi connectivity index (χ3n) is 5.53. The Kier molecular flexibility index (Phi) is 8.15. The first-order chi connectivity index (χ1) is 16.1. The quantitative estimate of drug-likeness (QED) is 0.605. The number of carbonyl (C=O) groups is 3. The maximum absolute atomic E-state index is 13.4. The van der Waals surface area contributed by atoms with Gasteiger partial charge < -0.3 is 19.7 Å². The number of amides is 2. The molecule has 8 nitrogen and oxygen atoms in total. The van der Waals surface area contributed by atoms with Crippen LogP contribution in [0.2, 0.25) is 5.02 Å². The van der Waals surface area contributed by atoms with E-state index in [0.29, 0.717) is 47.8 Å². The molecular weight excluding hydrogens is 458 g/mol. The Hall–Kier alpha value is -3.13. The number of ether oxygens (including phenoxy) is 2. The summed E-state index contributed by atoms with van der Waals surface area (Å²) < 4.78 is 10.9. The van der Waals surface area contributed by atoms with Crippen LogP contribution in [0.25, 0.3) is 0 Å². The second kappa shape index (κ2) is 10.9. The van der Waals surface area contributed by atoms with E-state index < -0.39 is 11.6 Å². The molecule has 0 bridgehead atoms. The van der Waals surface area contributed by atoms with Gasteiger partial charge in [-0.25, -0.2) is 4.79 Å². The van der Waals surface area contributed by atoms with Gasteiger partial charge in [-0.1, -0.05) is 11.6 Å². The van der Waals surface area contributed by atoms with E-state index in [2.05, 4.69) is 10.3 Å². The van der Waals surface area contributed by atoms with Crippen LogP contribution in [0.5, 0.6) is 5.75 Å². The summed E-state index contributed by atoms with van der Waals surface area (Å²) in [4.78, 5) is 44.5. The number of aromatic nitrogens is 1. The fraction of sp³-hybridized carbons (Fsp3) is 0.440. The van der Waals surface area contributed by atoms with Gasteiger partial charge in [0.1, 0.15) is 17.4 Å². The van der Waals surface area contributed by atoms with Crippen molar-refractivity contribution in [2.75, 3.05) is 20.2 Å². The van der Waals surface area contributed by atoms with Crippen molar-refractivity contribution in [1.29, 1.82) is 0 Å². The summed E-state index contributed by atoms with van der Waals surface area (Å²) in [6, 6.07) is 7.14. The van der Waals surface area contributed by atoms with Gasteiger partial charge >= 0.3 is 6.09 Å². The van der Waals surface area contributed by atoms with Gasteiger partial charge in [0.15, 0.2) is 5.78 Å². The zero-order chi connectivity index (χ0) is 24.9. The topological polar surface area (TPSA) is 97.8 Å². The minimum atomic E-state index is -0.993. The Bertz CT molecular complexity index is 1030. The summed E-state index contributed by atoms with van der Waals surface area (Å²) in [6.45, 7) is 6.24. The molecule has 0 radical (unpaired) electrons. The van der Waals surface area contributed by atoms with Crippen molar-refractivity contribution in [1.82, 2.24) is 15.2 Å². The highest BCUT2D eigenvalue weighted by Gasteiger charge is 2.33. The number of benzene rings is 1. The molecule has 0 saturated carbocycles. The Labute approximate surface area is 204 Å². The smallest absolute Gasteiger partial charge is 0.410 e. The molecule has 34 heavy (non-hydrogen) atoms. The molecule has 2 heterocycles. The van der Waals surface area contributed by atoms with E-state index >= 15 is 0 Å². The number of Topliss-reactive ketones (excluding diaryl/α,β-unsaturated/α-hetero) is 1. The minimum absolute atomic E-state index is 0.265. The highest BCUT2D eigenvalue weighted by Crippen LogP contribution is 2.31. The Balaban J connectivity index is 1.77. The first kappa shape index (κ1) is 25.5. The van der Waals surface area contributed by atoms with Crippen molar-refractivity contribution in [3.63, 3.8) is 0 Å². The van der Waals surface area contributed by atoms with Crippen molar-refractivity contribution in [2.45, 2.75) is 45.3 Å². The zero-order valence-electron chi connectivity index (χ0n) is 19.8. The number of likely N-dealkylation sites (tertiary alicyclic amines) is 1. The maximum atomic E-state index is 13.4. The van der Waals surface area contributed by atoms with Gasteiger partial charge in [-0.2, -0.15) is 0 Å². The van der Waals surface area contributed by atoms with Gasteiger partial charge in [0.05, 0.1) is 7.11 Å². The number of hydrogen-bond acceptors (Lipinski definition) is 6. The first-order valence-corrected chi connectivity index (χ1v) is 11.5. The predicted molar refractivity (Wildman–Crippen MR) is 128 cm³/mol. The largest absolute Gasteiger partial charge is 0.496 e. The molecule has 0 spiro atoms. The molecule has 3 rings (SSSR count). The molecule has 1 aliphatic rings. The number of methoxy groups -OCH3 is 1. The number of rotatable bonds is 6. The van der Waals surface area contributed by atoms with Crippen molar-refractivity contribution in [3.8, 4) is 5.75 Å². The maximum Gasteiger partial charge on any atom is 0.410 e. The summed E-state index contributed by atoms with van der Waals surface area (Å²) in [5, 5.41) is 3.32. The standard InChI is InChI=1S/C25H30ClN3O5/c1-25(2,3)34-24(32)29-13-9-17(10-14-29)23(31)28-21(22(30)16-7-11-27-12-8-16)19-15-18(26)5-6-20(19)33-4/h5-8,11-12,15,17,21H,9-10,13-14H2,1-4H3,(H,28,31). The second-order valence-electron chi connectivity index (χ2n) is 9.17. The first-order valence-electron chi connectivity index (χ1n) is 11.1. The minimum Gasteiger partial charge on any atom is -0.496 e. The average molecular weight is 488 g/mol. The summed E-state index contributed by atoms with van der Waals surface area (Å²) >= 11 is 6.21. The molecule has 1 aromatic carbocycles. The molecular formula is C25H30ClN3O5. The number of hydrogen-bond donors (Lipinski definition) is 1. The third kappa shape index (κ3) is 6.47. The lowest BCUT2D eigenvalue weighted by Crippen LogP contribution is -2.46. The summed E-state index contributed by atoms with van der Waals surface area (Å²) in [5.41, 5.74) is 0.292. The highest BCUT2D eigenvalue weighted by atomic mass is 35.5. The van der Waals surface area contributed by atoms with Crippen LogP contribution in [0, 0.1) is 5.92 Å². The molecule has 1 atom stereocenters. The normalized spacial score (nSPS) is 15.4. The van der Waals surface area contributed by atoms with Crippen molar-refractivity contribution in [3.05, 3.63) is 58.9 Å². The predicted octanol–water partition coefficient (Wildman–Crippen LogP) is 4.43. The molecule has 1 unspecified atom stereocenters. The van der Waals surface area contributed by atoms with Crippen LogP contribution in [0.15, 0.2) is 42.7 Å². The number of carbonyl (C=O) groups excluding carboxylic acids is 3. The van der Waals surface area contributed by atoms with Gasteiger partial charge in [0, 0.05) is 47.6 Å². The van der Waals surface area contributed by atoms with E-state index in [9.17, 15) is 14.4 Å². The Morgan fingerprint density at radius 1 is 1.12 bits per heavy atom. The Morgan fingerprint density at radius 3 is 2.35 bits per heavy atom. The molecule has 1 aliphatic heterocycles. The lowest BCUT2D eigenvalue weighted by molar-refractivity contribution is -0.127. The summed E-state index contributed by atoms with van der Waals surface area (Å²) in [6.07, 6.45) is 3.59. The summed E-state index contributed by atoms with van der Waals surface area (Å²) in [7, 11) is 1.49. The summed E-state index contributed by atoms with van der Waals surface area (Å²) in [5.74, 6) is -0.478. The fourth-order valence-corrected chi connectivity index (χ4v) is 3.99. The van der Waals surface area contributed by atoms with Crippen LogP contribution in [0.1, 0.15) is 55.6 Å². The number of nitrogens with one attached hydrogen (secondary N) is 1. The number of piperidine rings is 1. The van der Waals surface area contributed by atoms with E-state index in [1.165, 1.54) is 19.5 Å². The average Bonchev–Trinajstić information content (AvgIpc) is 2.81. The lowest BCUT2D eigenvalue weighted by atomic mass is 9.93. The number of pyridine rings is 1. The molecule has 1 N–H and O–H groups in total. The van der Waals surface area contributed by atoms with Gasteiger partial charge in [-0.05, 0) is 63.9 Å².